The first-order valence-electron chi connectivity index (χ1n) is 4.09. The zero-order valence-electron chi connectivity index (χ0n) is 7.73. The monoisotopic (exact) mass is 226 g/mol. The maximum atomic E-state index is 11.4. The van der Waals surface area contributed by atoms with E-state index in [9.17, 15) is 9.90 Å². The minimum atomic E-state index is -0.545. The quantitative estimate of drug-likeness (QED) is 0.433. The standard InChI is InChI=1S/C9H10N2O3S/c10-8(15)4-11-9(14)6-3-5(12)1-2-7(6)13/h1-3,12-13H,4H2,(H2,10,15)(H,11,14). The zero-order valence-corrected chi connectivity index (χ0v) is 8.54. The maximum Gasteiger partial charge on any atom is 0.255 e. The molecule has 0 atom stereocenters. The third kappa shape index (κ3) is 3.10. The Morgan fingerprint density at radius 3 is 2.73 bits per heavy atom. The van der Waals surface area contributed by atoms with Gasteiger partial charge in [0, 0.05) is 0 Å². The Bertz CT molecular complexity index is 406. The van der Waals surface area contributed by atoms with E-state index in [1.165, 1.54) is 12.1 Å². The van der Waals surface area contributed by atoms with Gasteiger partial charge in [0.1, 0.15) is 11.5 Å². The van der Waals surface area contributed by atoms with Crippen LogP contribution in [0.3, 0.4) is 0 Å². The maximum absolute atomic E-state index is 11.4. The molecule has 0 fully saturated rings. The van der Waals surface area contributed by atoms with Crippen LogP contribution < -0.4 is 11.1 Å². The van der Waals surface area contributed by atoms with Crippen LogP contribution in [0, 0.1) is 0 Å². The van der Waals surface area contributed by atoms with Crippen LogP contribution in [-0.2, 0) is 0 Å². The van der Waals surface area contributed by atoms with Gasteiger partial charge in [0.15, 0.2) is 0 Å². The van der Waals surface area contributed by atoms with Crippen LogP contribution in [0.5, 0.6) is 11.5 Å². The number of rotatable bonds is 3. The highest BCUT2D eigenvalue weighted by molar-refractivity contribution is 7.80. The van der Waals surface area contributed by atoms with Crippen molar-refractivity contribution in [3.63, 3.8) is 0 Å². The molecule has 0 aliphatic rings. The number of aromatic hydroxyl groups is 2. The lowest BCUT2D eigenvalue weighted by molar-refractivity contribution is 0.0956. The molecular weight excluding hydrogens is 216 g/mol. The summed E-state index contributed by atoms with van der Waals surface area (Å²) in [7, 11) is 0. The average Bonchev–Trinajstić information content (AvgIpc) is 2.18. The number of nitrogens with one attached hydrogen (secondary N) is 1. The highest BCUT2D eigenvalue weighted by atomic mass is 32.1. The number of carbonyl (C=O) groups excluding carboxylic acids is 1. The summed E-state index contributed by atoms with van der Waals surface area (Å²) < 4.78 is 0. The van der Waals surface area contributed by atoms with E-state index in [-0.39, 0.29) is 28.6 Å². The van der Waals surface area contributed by atoms with E-state index in [1.54, 1.807) is 0 Å². The second-order valence-electron chi connectivity index (χ2n) is 2.85. The summed E-state index contributed by atoms with van der Waals surface area (Å²) in [5.74, 6) is -0.863. The van der Waals surface area contributed by atoms with Crippen LogP contribution in [0.25, 0.3) is 0 Å². The van der Waals surface area contributed by atoms with E-state index in [1.807, 2.05) is 0 Å². The molecule has 15 heavy (non-hydrogen) atoms. The molecule has 0 saturated carbocycles. The molecule has 0 aliphatic heterocycles. The van der Waals surface area contributed by atoms with Crippen molar-refractivity contribution >= 4 is 23.1 Å². The minimum Gasteiger partial charge on any atom is -0.508 e. The third-order valence-corrected chi connectivity index (χ3v) is 1.79. The SMILES string of the molecule is NC(=S)CNC(=O)c1cc(O)ccc1O. The van der Waals surface area contributed by atoms with E-state index in [0.29, 0.717) is 0 Å². The normalized spacial score (nSPS) is 9.60. The minimum absolute atomic E-state index is 0.0220. The number of thiocarbonyl (C=S) groups is 1. The Labute approximate surface area is 91.5 Å². The predicted molar refractivity (Wildman–Crippen MR) is 58.9 cm³/mol. The fourth-order valence-electron chi connectivity index (χ4n) is 0.969. The summed E-state index contributed by atoms with van der Waals surface area (Å²) in [6.45, 7) is 0.0449. The molecule has 0 aromatic heterocycles. The first-order valence-corrected chi connectivity index (χ1v) is 4.50. The first kappa shape index (κ1) is 11.3. The molecule has 1 amide bonds. The second kappa shape index (κ2) is 4.61. The number of phenolic OH excluding ortho intramolecular Hbond substituents is 2. The number of phenols is 2. The van der Waals surface area contributed by atoms with Gasteiger partial charge in [-0.2, -0.15) is 0 Å². The Hall–Kier alpha value is -1.82. The van der Waals surface area contributed by atoms with Crippen LogP contribution in [0.1, 0.15) is 10.4 Å². The van der Waals surface area contributed by atoms with E-state index < -0.39 is 5.91 Å². The lowest BCUT2D eigenvalue weighted by Gasteiger charge is -2.06. The molecule has 0 heterocycles. The van der Waals surface area contributed by atoms with Gasteiger partial charge in [-0.3, -0.25) is 4.79 Å². The fourth-order valence-corrected chi connectivity index (χ4v) is 1.04. The predicted octanol–water partition coefficient (Wildman–Crippen LogP) is 0.114. The van der Waals surface area contributed by atoms with Crippen molar-refractivity contribution in [3.8, 4) is 11.5 Å². The molecular formula is C9H10N2O3S. The largest absolute Gasteiger partial charge is 0.508 e. The van der Waals surface area contributed by atoms with E-state index in [2.05, 4.69) is 17.5 Å². The summed E-state index contributed by atoms with van der Waals surface area (Å²) >= 11 is 4.57. The lowest BCUT2D eigenvalue weighted by atomic mass is 10.2. The molecule has 0 aliphatic carbocycles. The van der Waals surface area contributed by atoms with Crippen LogP contribution in [0.4, 0.5) is 0 Å². The number of hydrogen-bond donors (Lipinski definition) is 4. The number of amides is 1. The summed E-state index contributed by atoms with van der Waals surface area (Å²) in [4.78, 5) is 11.6. The molecule has 0 saturated heterocycles. The van der Waals surface area contributed by atoms with Gasteiger partial charge in [-0.15, -0.1) is 0 Å². The number of nitrogens with two attached hydrogens (primary N) is 1. The average molecular weight is 226 g/mol. The van der Waals surface area contributed by atoms with Crippen LogP contribution in [0.2, 0.25) is 0 Å². The highest BCUT2D eigenvalue weighted by Gasteiger charge is 2.11. The van der Waals surface area contributed by atoms with Gasteiger partial charge in [0.2, 0.25) is 0 Å². The lowest BCUT2D eigenvalue weighted by Crippen LogP contribution is -2.32. The summed E-state index contributed by atoms with van der Waals surface area (Å²) in [6.07, 6.45) is 0. The molecule has 0 unspecified atom stereocenters. The van der Waals surface area contributed by atoms with Crippen molar-refractivity contribution < 1.29 is 15.0 Å². The van der Waals surface area contributed by atoms with E-state index in [4.69, 9.17) is 10.8 Å². The number of carbonyl (C=O) groups is 1. The smallest absolute Gasteiger partial charge is 0.255 e. The van der Waals surface area contributed by atoms with Crippen molar-refractivity contribution in [3.05, 3.63) is 23.8 Å². The molecule has 5 nitrogen and oxygen atoms in total. The number of benzene rings is 1. The molecule has 0 bridgehead atoms. The molecule has 1 rings (SSSR count). The van der Waals surface area contributed by atoms with Crippen LogP contribution in [0.15, 0.2) is 18.2 Å². The highest BCUT2D eigenvalue weighted by Crippen LogP contribution is 2.21. The fraction of sp³-hybridized carbons (Fsp3) is 0.111. The Morgan fingerprint density at radius 2 is 2.13 bits per heavy atom. The van der Waals surface area contributed by atoms with Crippen LogP contribution in [-0.4, -0.2) is 27.7 Å². The van der Waals surface area contributed by atoms with Crippen molar-refractivity contribution in [1.29, 1.82) is 0 Å². The Balaban J connectivity index is 2.81. The molecule has 5 N–H and O–H groups in total. The topological polar surface area (TPSA) is 95.6 Å². The molecule has 0 spiro atoms. The summed E-state index contributed by atoms with van der Waals surface area (Å²) in [5, 5.41) is 20.8. The summed E-state index contributed by atoms with van der Waals surface area (Å²) in [5.41, 5.74) is 5.17. The van der Waals surface area contributed by atoms with Gasteiger partial charge >= 0.3 is 0 Å². The van der Waals surface area contributed by atoms with Crippen molar-refractivity contribution in [1.82, 2.24) is 5.32 Å². The second-order valence-corrected chi connectivity index (χ2v) is 3.37. The number of hydrogen-bond acceptors (Lipinski definition) is 4. The van der Waals surface area contributed by atoms with Gasteiger partial charge in [0.25, 0.3) is 5.91 Å². The van der Waals surface area contributed by atoms with E-state index in [0.717, 1.165) is 6.07 Å². The molecule has 1 aromatic rings. The van der Waals surface area contributed by atoms with Gasteiger partial charge < -0.3 is 21.3 Å². The zero-order chi connectivity index (χ0) is 11.4. The Kier molecular flexibility index (Phi) is 3.46. The molecule has 6 heteroatoms. The van der Waals surface area contributed by atoms with Gasteiger partial charge in [-0.05, 0) is 18.2 Å². The van der Waals surface area contributed by atoms with Crippen molar-refractivity contribution in [2.45, 2.75) is 0 Å². The third-order valence-electron chi connectivity index (χ3n) is 1.65. The van der Waals surface area contributed by atoms with Crippen LogP contribution >= 0.6 is 12.2 Å². The van der Waals surface area contributed by atoms with Crippen molar-refractivity contribution in [2.24, 2.45) is 5.73 Å². The van der Waals surface area contributed by atoms with Gasteiger partial charge in [-0.1, -0.05) is 12.2 Å². The first-order chi connectivity index (χ1) is 7.00. The van der Waals surface area contributed by atoms with Gasteiger partial charge in [-0.25, -0.2) is 0 Å². The van der Waals surface area contributed by atoms with Gasteiger partial charge in [0.05, 0.1) is 17.1 Å². The molecule has 1 aromatic carbocycles. The molecule has 80 valence electrons. The van der Waals surface area contributed by atoms with E-state index >= 15 is 0 Å². The molecule has 0 radical (unpaired) electrons. The Morgan fingerprint density at radius 1 is 1.47 bits per heavy atom. The summed E-state index contributed by atoms with van der Waals surface area (Å²) in [6, 6.07) is 3.66. The van der Waals surface area contributed by atoms with Crippen molar-refractivity contribution in [2.75, 3.05) is 6.54 Å².